The van der Waals surface area contributed by atoms with E-state index in [0.29, 0.717) is 22.8 Å². The molecule has 140 valence electrons. The van der Waals surface area contributed by atoms with E-state index in [1.165, 1.54) is 16.7 Å². The van der Waals surface area contributed by atoms with E-state index in [4.69, 9.17) is 4.98 Å². The minimum absolute atomic E-state index is 0.179. The average Bonchev–Trinajstić information content (AvgIpc) is 2.70. The first-order valence-corrected chi connectivity index (χ1v) is 9.13. The fourth-order valence-electron chi connectivity index (χ4n) is 2.93. The number of nitrogens with one attached hydrogen (secondary N) is 1. The van der Waals surface area contributed by atoms with Crippen molar-refractivity contribution < 1.29 is 4.39 Å². The van der Waals surface area contributed by atoms with Crippen molar-refractivity contribution in [3.8, 4) is 22.4 Å². The highest BCUT2D eigenvalue weighted by Gasteiger charge is 2.18. The Labute approximate surface area is 157 Å². The van der Waals surface area contributed by atoms with Crippen LogP contribution in [0.2, 0.25) is 0 Å². The molecule has 0 aliphatic rings. The Kier molecular flexibility index (Phi) is 5.96. The summed E-state index contributed by atoms with van der Waals surface area (Å²) >= 11 is 0. The topological polar surface area (TPSA) is 59.8 Å². The molecular weight excluding hydrogens is 343 g/mol. The largest absolute Gasteiger partial charge is 0.356 e. The molecule has 0 atom stereocenters. The lowest BCUT2D eigenvalue weighted by molar-refractivity contribution is 0.628. The van der Waals surface area contributed by atoms with E-state index < -0.39 is 0 Å². The highest BCUT2D eigenvalue weighted by Crippen LogP contribution is 2.28. The number of pyridine rings is 1. The van der Waals surface area contributed by atoms with Gasteiger partial charge in [-0.3, -0.25) is 14.3 Å². The molecule has 0 amide bonds. The van der Waals surface area contributed by atoms with Crippen molar-refractivity contribution in [2.75, 3.05) is 11.9 Å². The Morgan fingerprint density at radius 2 is 1.74 bits per heavy atom. The van der Waals surface area contributed by atoms with Gasteiger partial charge in [0.1, 0.15) is 5.82 Å². The van der Waals surface area contributed by atoms with Gasteiger partial charge in [-0.15, -0.1) is 0 Å². The molecule has 0 saturated carbocycles. The smallest absolute Gasteiger partial charge is 0.263 e. The zero-order valence-electron chi connectivity index (χ0n) is 15.6. The van der Waals surface area contributed by atoms with E-state index >= 15 is 0 Å². The fraction of sp³-hybridized carbons (Fsp3) is 0.286. The van der Waals surface area contributed by atoms with Crippen LogP contribution in [0.1, 0.15) is 26.2 Å². The molecule has 2 heterocycles. The molecule has 5 nitrogen and oxygen atoms in total. The first kappa shape index (κ1) is 18.8. The first-order chi connectivity index (χ1) is 13.1. The number of nitrogens with zero attached hydrogens (tertiary/aromatic N) is 3. The van der Waals surface area contributed by atoms with Crippen LogP contribution in [-0.2, 0) is 7.05 Å². The van der Waals surface area contributed by atoms with Gasteiger partial charge < -0.3 is 5.32 Å². The number of benzene rings is 1. The Hall–Kier alpha value is -3.02. The second-order valence-electron chi connectivity index (χ2n) is 6.40. The van der Waals surface area contributed by atoms with Gasteiger partial charge in [0.05, 0.1) is 11.3 Å². The van der Waals surface area contributed by atoms with Crippen molar-refractivity contribution in [3.63, 3.8) is 0 Å². The van der Waals surface area contributed by atoms with Gasteiger partial charge in [-0.05, 0) is 36.2 Å². The molecule has 0 saturated heterocycles. The van der Waals surface area contributed by atoms with Crippen LogP contribution >= 0.6 is 0 Å². The minimum Gasteiger partial charge on any atom is -0.356 e. The summed E-state index contributed by atoms with van der Waals surface area (Å²) in [6, 6.07) is 9.54. The van der Waals surface area contributed by atoms with Crippen molar-refractivity contribution in [2.45, 2.75) is 26.2 Å². The maximum absolute atomic E-state index is 13.4. The van der Waals surface area contributed by atoms with Crippen LogP contribution in [0, 0.1) is 5.82 Å². The lowest BCUT2D eigenvalue weighted by atomic mass is 10.0. The molecule has 1 N–H and O–H groups in total. The van der Waals surface area contributed by atoms with Crippen LogP contribution in [0.3, 0.4) is 0 Å². The third kappa shape index (κ3) is 4.22. The summed E-state index contributed by atoms with van der Waals surface area (Å²) in [6.07, 6.45) is 6.58. The van der Waals surface area contributed by atoms with Gasteiger partial charge in [0, 0.05) is 31.5 Å². The van der Waals surface area contributed by atoms with Gasteiger partial charge in [-0.2, -0.15) is 0 Å². The van der Waals surface area contributed by atoms with E-state index in [1.807, 2.05) is 12.1 Å². The standard InChI is InChI=1S/C21H23FN4O/c1-3-4-5-12-24-21-25-19(16-10-13-23-14-11-16)18(20(27)26(21)2)15-6-8-17(22)9-7-15/h6-11,13-14H,3-5,12H2,1-2H3,(H,24,25). The Morgan fingerprint density at radius 3 is 2.41 bits per heavy atom. The Balaban J connectivity index is 2.13. The molecular formula is C21H23FN4O. The molecule has 0 spiro atoms. The van der Waals surface area contributed by atoms with Gasteiger partial charge >= 0.3 is 0 Å². The molecule has 6 heteroatoms. The summed E-state index contributed by atoms with van der Waals surface area (Å²) in [6.45, 7) is 2.90. The van der Waals surface area contributed by atoms with E-state index in [2.05, 4.69) is 17.2 Å². The highest BCUT2D eigenvalue weighted by atomic mass is 19.1. The predicted molar refractivity (Wildman–Crippen MR) is 106 cm³/mol. The average molecular weight is 366 g/mol. The number of unbranched alkanes of at least 4 members (excludes halogenated alkanes) is 2. The quantitative estimate of drug-likeness (QED) is 0.635. The zero-order valence-corrected chi connectivity index (χ0v) is 15.6. The first-order valence-electron chi connectivity index (χ1n) is 9.13. The molecule has 1 aromatic carbocycles. The summed E-state index contributed by atoms with van der Waals surface area (Å²) in [4.78, 5) is 21.9. The Bertz CT molecular complexity index is 952. The minimum atomic E-state index is -0.344. The third-order valence-electron chi connectivity index (χ3n) is 4.44. The van der Waals surface area contributed by atoms with Crippen LogP contribution in [0.5, 0.6) is 0 Å². The summed E-state index contributed by atoms with van der Waals surface area (Å²) in [5.74, 6) is 0.178. The molecule has 3 aromatic rings. The molecule has 0 fully saturated rings. The number of hydrogen-bond acceptors (Lipinski definition) is 4. The van der Waals surface area contributed by atoms with Gasteiger partial charge in [0.25, 0.3) is 5.56 Å². The van der Waals surface area contributed by atoms with Crippen molar-refractivity contribution >= 4 is 5.95 Å². The van der Waals surface area contributed by atoms with Crippen LogP contribution in [0.4, 0.5) is 10.3 Å². The van der Waals surface area contributed by atoms with Gasteiger partial charge in [-0.1, -0.05) is 31.9 Å². The van der Waals surface area contributed by atoms with Gasteiger partial charge in [-0.25, -0.2) is 9.37 Å². The molecule has 27 heavy (non-hydrogen) atoms. The van der Waals surface area contributed by atoms with Crippen molar-refractivity contribution in [1.82, 2.24) is 14.5 Å². The van der Waals surface area contributed by atoms with E-state index in [9.17, 15) is 9.18 Å². The molecule has 2 aromatic heterocycles. The second-order valence-corrected chi connectivity index (χ2v) is 6.40. The fourth-order valence-corrected chi connectivity index (χ4v) is 2.93. The maximum atomic E-state index is 13.4. The van der Waals surface area contributed by atoms with Crippen molar-refractivity contribution in [3.05, 3.63) is 65.0 Å². The predicted octanol–water partition coefficient (Wildman–Crippen LogP) is 4.25. The number of anilines is 1. The highest BCUT2D eigenvalue weighted by molar-refractivity contribution is 5.80. The summed E-state index contributed by atoms with van der Waals surface area (Å²) < 4.78 is 14.9. The molecule has 0 unspecified atom stereocenters. The van der Waals surface area contributed by atoms with Crippen LogP contribution in [0.15, 0.2) is 53.6 Å². The second kappa shape index (κ2) is 8.58. The van der Waals surface area contributed by atoms with Crippen LogP contribution in [0.25, 0.3) is 22.4 Å². The van der Waals surface area contributed by atoms with Crippen molar-refractivity contribution in [2.24, 2.45) is 7.05 Å². The number of halogens is 1. The van der Waals surface area contributed by atoms with E-state index in [-0.39, 0.29) is 11.4 Å². The Morgan fingerprint density at radius 1 is 1.04 bits per heavy atom. The monoisotopic (exact) mass is 366 g/mol. The van der Waals surface area contributed by atoms with E-state index in [0.717, 1.165) is 31.4 Å². The van der Waals surface area contributed by atoms with Crippen LogP contribution in [-0.4, -0.2) is 21.1 Å². The molecule has 0 aliphatic heterocycles. The van der Waals surface area contributed by atoms with Gasteiger partial charge in [0.15, 0.2) is 0 Å². The lowest BCUT2D eigenvalue weighted by Gasteiger charge is -2.16. The summed E-state index contributed by atoms with van der Waals surface area (Å²) in [7, 11) is 1.70. The number of aromatic nitrogens is 3. The lowest BCUT2D eigenvalue weighted by Crippen LogP contribution is -2.25. The number of hydrogen-bond donors (Lipinski definition) is 1. The third-order valence-corrected chi connectivity index (χ3v) is 4.44. The zero-order chi connectivity index (χ0) is 19.2. The molecule has 0 bridgehead atoms. The molecule has 3 rings (SSSR count). The van der Waals surface area contributed by atoms with Crippen LogP contribution < -0.4 is 10.9 Å². The maximum Gasteiger partial charge on any atom is 0.263 e. The molecule has 0 aliphatic carbocycles. The normalized spacial score (nSPS) is 10.8. The number of rotatable bonds is 7. The summed E-state index contributed by atoms with van der Waals surface area (Å²) in [5.41, 5.74) is 2.25. The molecule has 0 radical (unpaired) electrons. The van der Waals surface area contributed by atoms with Crippen molar-refractivity contribution in [1.29, 1.82) is 0 Å². The summed E-state index contributed by atoms with van der Waals surface area (Å²) in [5, 5.41) is 3.26. The van der Waals surface area contributed by atoms with Gasteiger partial charge in [0.2, 0.25) is 5.95 Å². The SMILES string of the molecule is CCCCCNc1nc(-c2ccncc2)c(-c2ccc(F)cc2)c(=O)n1C. The van der Waals surface area contributed by atoms with E-state index in [1.54, 1.807) is 31.6 Å².